The Labute approximate surface area is 66.2 Å². The van der Waals surface area contributed by atoms with Crippen molar-refractivity contribution in [1.29, 1.82) is 0 Å². The molecule has 0 bridgehead atoms. The van der Waals surface area contributed by atoms with Gasteiger partial charge in [-0.1, -0.05) is 19.4 Å². The summed E-state index contributed by atoms with van der Waals surface area (Å²) in [4.78, 5) is 11.1. The van der Waals surface area contributed by atoms with Crippen LogP contribution in [0.25, 0.3) is 0 Å². The van der Waals surface area contributed by atoms with Crippen LogP contribution in [-0.4, -0.2) is 5.97 Å². The summed E-state index contributed by atoms with van der Waals surface area (Å²) in [6, 6.07) is 0. The highest BCUT2D eigenvalue weighted by Crippen LogP contribution is 2.40. The zero-order valence-electron chi connectivity index (χ0n) is 6.51. The van der Waals surface area contributed by atoms with E-state index in [0.717, 1.165) is 12.8 Å². The Kier molecular flexibility index (Phi) is 1.48. The zero-order chi connectivity index (χ0) is 7.84. The van der Waals surface area contributed by atoms with Crippen molar-refractivity contribution < 1.29 is 9.53 Å². The van der Waals surface area contributed by atoms with Gasteiger partial charge in [-0.15, -0.1) is 0 Å². The van der Waals surface area contributed by atoms with E-state index in [-0.39, 0.29) is 11.9 Å². The summed E-state index contributed by atoms with van der Waals surface area (Å²) in [6.45, 7) is 3.75. The summed E-state index contributed by atoms with van der Waals surface area (Å²) in [7, 11) is 0. The molecule has 0 amide bonds. The van der Waals surface area contributed by atoms with E-state index in [1.807, 2.05) is 0 Å². The van der Waals surface area contributed by atoms with Crippen LogP contribution in [0.5, 0.6) is 0 Å². The average molecular weight is 152 g/mol. The molecule has 0 aromatic rings. The van der Waals surface area contributed by atoms with Crippen molar-refractivity contribution in [3.8, 4) is 0 Å². The van der Waals surface area contributed by atoms with E-state index in [9.17, 15) is 4.79 Å². The molecule has 2 nitrogen and oxygen atoms in total. The second-order valence-corrected chi connectivity index (χ2v) is 3.38. The maximum atomic E-state index is 11.1. The van der Waals surface area contributed by atoms with Crippen LogP contribution in [0.1, 0.15) is 25.7 Å². The van der Waals surface area contributed by atoms with Crippen LogP contribution in [0.15, 0.2) is 12.3 Å². The highest BCUT2D eigenvalue weighted by molar-refractivity contribution is 5.77. The quantitative estimate of drug-likeness (QED) is 0.495. The van der Waals surface area contributed by atoms with Crippen LogP contribution in [0, 0.1) is 11.8 Å². The first kappa shape index (κ1) is 6.89. The standard InChI is InChI=1S/C9H12O2/c1-6-7-4-2-3-5-8(7)9(10)11-6/h7-8H,1-5H2/t7-,8-/m0/s1. The Balaban J connectivity index is 2.19. The molecule has 1 saturated carbocycles. The van der Waals surface area contributed by atoms with E-state index in [4.69, 9.17) is 4.74 Å². The Bertz CT molecular complexity index is 186. The van der Waals surface area contributed by atoms with Gasteiger partial charge >= 0.3 is 5.97 Å². The molecule has 0 aromatic heterocycles. The number of hydrogen-bond donors (Lipinski definition) is 0. The largest absolute Gasteiger partial charge is 0.431 e. The van der Waals surface area contributed by atoms with Gasteiger partial charge in [0.05, 0.1) is 5.92 Å². The van der Waals surface area contributed by atoms with E-state index < -0.39 is 0 Å². The second kappa shape index (κ2) is 2.36. The Morgan fingerprint density at radius 2 is 1.91 bits per heavy atom. The van der Waals surface area contributed by atoms with Crippen molar-refractivity contribution in [2.45, 2.75) is 25.7 Å². The van der Waals surface area contributed by atoms with Gasteiger partial charge < -0.3 is 4.74 Å². The first-order chi connectivity index (χ1) is 5.29. The Morgan fingerprint density at radius 1 is 1.27 bits per heavy atom. The molecule has 2 rings (SSSR count). The summed E-state index contributed by atoms with van der Waals surface area (Å²) in [5.74, 6) is 1.16. The molecule has 2 fully saturated rings. The van der Waals surface area contributed by atoms with Gasteiger partial charge in [0.15, 0.2) is 0 Å². The fraction of sp³-hybridized carbons (Fsp3) is 0.667. The van der Waals surface area contributed by atoms with Crippen LogP contribution in [0.3, 0.4) is 0 Å². The maximum Gasteiger partial charge on any atom is 0.314 e. The van der Waals surface area contributed by atoms with Crippen molar-refractivity contribution in [2.75, 3.05) is 0 Å². The number of allylic oxidation sites excluding steroid dienone is 1. The number of cyclic esters (lactones) is 1. The molecule has 2 atom stereocenters. The van der Waals surface area contributed by atoms with Crippen LogP contribution in [-0.2, 0) is 9.53 Å². The van der Waals surface area contributed by atoms with Crippen molar-refractivity contribution in [2.24, 2.45) is 11.8 Å². The molecule has 1 aliphatic carbocycles. The summed E-state index contributed by atoms with van der Waals surface area (Å²) >= 11 is 0. The van der Waals surface area contributed by atoms with Gasteiger partial charge in [-0.05, 0) is 12.8 Å². The third kappa shape index (κ3) is 0.971. The van der Waals surface area contributed by atoms with Gasteiger partial charge in [0.2, 0.25) is 0 Å². The molecule has 0 aromatic carbocycles. The van der Waals surface area contributed by atoms with Crippen molar-refractivity contribution in [3.63, 3.8) is 0 Å². The molecule has 0 radical (unpaired) electrons. The number of esters is 1. The molecule has 11 heavy (non-hydrogen) atoms. The number of hydrogen-bond acceptors (Lipinski definition) is 2. The van der Waals surface area contributed by atoms with Crippen molar-refractivity contribution >= 4 is 5.97 Å². The van der Waals surface area contributed by atoms with Crippen LogP contribution in [0.4, 0.5) is 0 Å². The normalized spacial score (nSPS) is 36.7. The minimum atomic E-state index is -0.0419. The molecule has 0 N–H and O–H groups in total. The van der Waals surface area contributed by atoms with Gasteiger partial charge in [-0.2, -0.15) is 0 Å². The molecular formula is C9H12O2. The van der Waals surface area contributed by atoms with Crippen LogP contribution < -0.4 is 0 Å². The Hall–Kier alpha value is -0.790. The Morgan fingerprint density at radius 3 is 2.55 bits per heavy atom. The van der Waals surface area contributed by atoms with Gasteiger partial charge in [0.25, 0.3) is 0 Å². The summed E-state index contributed by atoms with van der Waals surface area (Å²) in [5.41, 5.74) is 0. The number of rotatable bonds is 0. The van der Waals surface area contributed by atoms with Crippen LogP contribution >= 0.6 is 0 Å². The molecular weight excluding hydrogens is 140 g/mol. The predicted octanol–water partition coefficient (Wildman–Crippen LogP) is 1.86. The lowest BCUT2D eigenvalue weighted by molar-refractivity contribution is -0.139. The molecule has 1 saturated heterocycles. The minimum absolute atomic E-state index is 0.0419. The van der Waals surface area contributed by atoms with Gasteiger partial charge in [-0.3, -0.25) is 4.79 Å². The highest BCUT2D eigenvalue weighted by atomic mass is 16.5. The lowest BCUT2D eigenvalue weighted by Gasteiger charge is -2.20. The third-order valence-corrected chi connectivity index (χ3v) is 2.71. The summed E-state index contributed by atoms with van der Waals surface area (Å²) in [5, 5.41) is 0. The van der Waals surface area contributed by atoms with Gasteiger partial charge in [0.1, 0.15) is 5.76 Å². The van der Waals surface area contributed by atoms with Gasteiger partial charge in [0, 0.05) is 5.92 Å². The smallest absolute Gasteiger partial charge is 0.314 e. The van der Waals surface area contributed by atoms with Crippen molar-refractivity contribution in [1.82, 2.24) is 0 Å². The first-order valence-electron chi connectivity index (χ1n) is 4.19. The lowest BCUT2D eigenvalue weighted by atomic mass is 9.80. The fourth-order valence-electron chi connectivity index (χ4n) is 2.08. The van der Waals surface area contributed by atoms with E-state index in [1.54, 1.807) is 0 Å². The van der Waals surface area contributed by atoms with Gasteiger partial charge in [-0.25, -0.2) is 0 Å². The zero-order valence-corrected chi connectivity index (χ0v) is 6.51. The van der Waals surface area contributed by atoms with Crippen LogP contribution in [0.2, 0.25) is 0 Å². The number of fused-ring (bicyclic) bond motifs is 1. The summed E-state index contributed by atoms with van der Waals surface area (Å²) in [6.07, 6.45) is 4.48. The SMILES string of the molecule is C=C1OC(=O)[C@H]2CCCC[C@@H]12. The van der Waals surface area contributed by atoms with E-state index >= 15 is 0 Å². The first-order valence-corrected chi connectivity index (χ1v) is 4.19. The molecule has 1 heterocycles. The molecule has 2 aliphatic rings. The lowest BCUT2D eigenvalue weighted by Crippen LogP contribution is -2.19. The highest BCUT2D eigenvalue weighted by Gasteiger charge is 2.41. The van der Waals surface area contributed by atoms with E-state index in [0.29, 0.717) is 11.7 Å². The topological polar surface area (TPSA) is 26.3 Å². The number of ether oxygens (including phenoxy) is 1. The summed E-state index contributed by atoms with van der Waals surface area (Å²) < 4.78 is 4.97. The molecule has 60 valence electrons. The van der Waals surface area contributed by atoms with E-state index in [2.05, 4.69) is 6.58 Å². The number of carbonyl (C=O) groups excluding carboxylic acids is 1. The maximum absolute atomic E-state index is 11.1. The third-order valence-electron chi connectivity index (χ3n) is 2.71. The van der Waals surface area contributed by atoms with E-state index in [1.165, 1.54) is 12.8 Å². The minimum Gasteiger partial charge on any atom is -0.431 e. The van der Waals surface area contributed by atoms with Crippen molar-refractivity contribution in [3.05, 3.63) is 12.3 Å². The molecule has 0 spiro atoms. The monoisotopic (exact) mass is 152 g/mol. The average Bonchev–Trinajstić information content (AvgIpc) is 2.30. The fourth-order valence-corrected chi connectivity index (χ4v) is 2.08. The number of carbonyl (C=O) groups is 1. The molecule has 2 heteroatoms. The molecule has 0 unspecified atom stereocenters. The predicted molar refractivity (Wildman–Crippen MR) is 40.7 cm³/mol. The second-order valence-electron chi connectivity index (χ2n) is 3.38. The molecule has 1 aliphatic heterocycles.